The topological polar surface area (TPSA) is 73.0 Å². The van der Waals surface area contributed by atoms with Crippen molar-refractivity contribution in [2.75, 3.05) is 37.7 Å². The zero-order chi connectivity index (χ0) is 19.8. The molecule has 7 heteroatoms. The Bertz CT molecular complexity index is 677. The Hall–Kier alpha value is -2.57. The lowest BCUT2D eigenvalue weighted by molar-refractivity contribution is -0.132. The Balaban J connectivity index is 1.97. The summed E-state index contributed by atoms with van der Waals surface area (Å²) in [6, 6.07) is 7.43. The minimum absolute atomic E-state index is 0.0132. The summed E-state index contributed by atoms with van der Waals surface area (Å²) in [4.78, 5) is 42.0. The van der Waals surface area contributed by atoms with Gasteiger partial charge in [-0.15, -0.1) is 0 Å². The number of urea groups is 1. The van der Waals surface area contributed by atoms with E-state index in [2.05, 4.69) is 12.2 Å². The van der Waals surface area contributed by atoms with Gasteiger partial charge in [-0.05, 0) is 37.5 Å². The van der Waals surface area contributed by atoms with Crippen LogP contribution in [-0.2, 0) is 9.59 Å². The van der Waals surface area contributed by atoms with Crippen LogP contribution in [0.2, 0.25) is 0 Å². The Morgan fingerprint density at radius 2 is 2.00 bits per heavy atom. The molecular weight excluding hydrogens is 344 g/mol. The predicted molar refractivity (Wildman–Crippen MR) is 105 cm³/mol. The van der Waals surface area contributed by atoms with Crippen molar-refractivity contribution in [1.82, 2.24) is 15.1 Å². The molecule has 1 aliphatic rings. The molecule has 0 radical (unpaired) electrons. The monoisotopic (exact) mass is 374 g/mol. The lowest BCUT2D eigenvalue weighted by Crippen LogP contribution is -2.47. The highest BCUT2D eigenvalue weighted by Gasteiger charge is 2.32. The lowest BCUT2D eigenvalue weighted by atomic mass is 10.2. The predicted octanol–water partition coefficient (Wildman–Crippen LogP) is 2.35. The summed E-state index contributed by atoms with van der Waals surface area (Å²) in [5.41, 5.74) is 1.85. The minimum atomic E-state index is -0.222. The van der Waals surface area contributed by atoms with Gasteiger partial charge in [-0.1, -0.05) is 32.4 Å². The Morgan fingerprint density at radius 1 is 1.22 bits per heavy atom. The molecule has 0 atom stereocenters. The summed E-state index contributed by atoms with van der Waals surface area (Å²) in [6.45, 7) is 7.36. The number of carbonyl (C=O) groups excluding carboxylic acids is 3. The van der Waals surface area contributed by atoms with E-state index in [1.165, 1.54) is 9.80 Å². The fourth-order valence-electron chi connectivity index (χ4n) is 3.01. The fourth-order valence-corrected chi connectivity index (χ4v) is 3.01. The highest BCUT2D eigenvalue weighted by atomic mass is 16.2. The second-order valence-electron chi connectivity index (χ2n) is 6.90. The maximum Gasteiger partial charge on any atom is 0.317 e. The average Bonchev–Trinajstić information content (AvgIpc) is 3.03. The molecule has 0 aliphatic carbocycles. The van der Waals surface area contributed by atoms with E-state index in [-0.39, 0.29) is 37.6 Å². The molecule has 148 valence electrons. The fraction of sp³-hybridized carbons (Fsp3) is 0.550. The van der Waals surface area contributed by atoms with Crippen molar-refractivity contribution in [3.05, 3.63) is 29.8 Å². The molecule has 1 aromatic rings. The largest absolute Gasteiger partial charge is 0.338 e. The number of amides is 4. The van der Waals surface area contributed by atoms with Crippen LogP contribution in [0.3, 0.4) is 0 Å². The highest BCUT2D eigenvalue weighted by molar-refractivity contribution is 6.00. The van der Waals surface area contributed by atoms with Crippen LogP contribution in [0, 0.1) is 6.92 Å². The Morgan fingerprint density at radius 3 is 2.67 bits per heavy atom. The van der Waals surface area contributed by atoms with E-state index >= 15 is 0 Å². The third-order valence-electron chi connectivity index (χ3n) is 4.52. The molecule has 1 saturated heterocycles. The molecule has 1 aromatic carbocycles. The second kappa shape index (κ2) is 9.94. The van der Waals surface area contributed by atoms with Gasteiger partial charge < -0.3 is 15.1 Å². The molecule has 0 aromatic heterocycles. The van der Waals surface area contributed by atoms with Crippen molar-refractivity contribution in [3.8, 4) is 0 Å². The van der Waals surface area contributed by atoms with E-state index in [0.717, 1.165) is 30.5 Å². The minimum Gasteiger partial charge on any atom is -0.338 e. The first-order chi connectivity index (χ1) is 13.0. The number of nitrogens with zero attached hydrogens (tertiary/aromatic N) is 3. The number of unbranched alkanes of at least 4 members (excludes halogenated alkanes) is 1. The van der Waals surface area contributed by atoms with E-state index in [9.17, 15) is 14.4 Å². The van der Waals surface area contributed by atoms with Crippen LogP contribution in [0.1, 0.15) is 38.7 Å². The van der Waals surface area contributed by atoms with E-state index < -0.39 is 0 Å². The van der Waals surface area contributed by atoms with Gasteiger partial charge in [-0.2, -0.15) is 0 Å². The number of rotatable bonds is 8. The SMILES string of the molecule is CCCCNC(=O)N(CCC)CC(=O)N1CC(=O)N(c2cccc(C)c2)C1. The van der Waals surface area contributed by atoms with Crippen LogP contribution in [0.5, 0.6) is 0 Å². The van der Waals surface area contributed by atoms with Gasteiger partial charge in [0.05, 0.1) is 0 Å². The molecule has 1 aliphatic heterocycles. The third kappa shape index (κ3) is 5.70. The van der Waals surface area contributed by atoms with E-state index in [1.54, 1.807) is 4.90 Å². The summed E-state index contributed by atoms with van der Waals surface area (Å²) in [5.74, 6) is -0.319. The number of carbonyl (C=O) groups is 3. The van der Waals surface area contributed by atoms with Crippen molar-refractivity contribution < 1.29 is 14.4 Å². The first-order valence-electron chi connectivity index (χ1n) is 9.63. The number of hydrogen-bond donors (Lipinski definition) is 1. The zero-order valence-electron chi connectivity index (χ0n) is 16.5. The smallest absolute Gasteiger partial charge is 0.317 e. The van der Waals surface area contributed by atoms with Crippen molar-refractivity contribution >= 4 is 23.5 Å². The van der Waals surface area contributed by atoms with Gasteiger partial charge in [0, 0.05) is 18.8 Å². The van der Waals surface area contributed by atoms with Gasteiger partial charge in [-0.25, -0.2) is 4.79 Å². The summed E-state index contributed by atoms with van der Waals surface area (Å²) in [7, 11) is 0. The first kappa shape index (κ1) is 20.7. The van der Waals surface area contributed by atoms with Crippen molar-refractivity contribution in [2.45, 2.75) is 40.0 Å². The van der Waals surface area contributed by atoms with E-state index in [1.807, 2.05) is 38.1 Å². The Labute approximate surface area is 161 Å². The van der Waals surface area contributed by atoms with E-state index in [0.29, 0.717) is 13.1 Å². The molecule has 0 saturated carbocycles. The number of benzene rings is 1. The van der Waals surface area contributed by atoms with Crippen molar-refractivity contribution in [2.24, 2.45) is 0 Å². The molecule has 27 heavy (non-hydrogen) atoms. The van der Waals surface area contributed by atoms with Crippen LogP contribution >= 0.6 is 0 Å². The third-order valence-corrected chi connectivity index (χ3v) is 4.52. The van der Waals surface area contributed by atoms with E-state index in [4.69, 9.17) is 0 Å². The number of hydrogen-bond acceptors (Lipinski definition) is 3. The first-order valence-corrected chi connectivity index (χ1v) is 9.63. The maximum atomic E-state index is 12.7. The van der Waals surface area contributed by atoms with Crippen molar-refractivity contribution in [3.63, 3.8) is 0 Å². The van der Waals surface area contributed by atoms with Gasteiger partial charge in [0.25, 0.3) is 0 Å². The molecule has 0 bridgehead atoms. The van der Waals surface area contributed by atoms with Gasteiger partial charge in [0.2, 0.25) is 11.8 Å². The maximum absolute atomic E-state index is 12.7. The summed E-state index contributed by atoms with van der Waals surface area (Å²) < 4.78 is 0. The Kier molecular flexibility index (Phi) is 7.64. The normalized spacial score (nSPS) is 13.8. The average molecular weight is 374 g/mol. The number of aryl methyl sites for hydroxylation is 1. The van der Waals surface area contributed by atoms with Gasteiger partial charge in [0.1, 0.15) is 19.8 Å². The molecule has 0 unspecified atom stereocenters. The van der Waals surface area contributed by atoms with Crippen molar-refractivity contribution in [1.29, 1.82) is 0 Å². The van der Waals surface area contributed by atoms with Gasteiger partial charge in [-0.3, -0.25) is 14.5 Å². The standard InChI is InChI=1S/C20H30N4O3/c1-4-6-10-21-20(27)22(11-5-2)13-18(25)23-14-19(26)24(15-23)17-9-7-8-16(3)12-17/h7-9,12H,4-6,10-11,13-15H2,1-3H3,(H,21,27). The van der Waals surface area contributed by atoms with Crippen LogP contribution in [0.4, 0.5) is 10.5 Å². The van der Waals surface area contributed by atoms with Gasteiger partial charge >= 0.3 is 6.03 Å². The molecule has 2 rings (SSSR count). The molecular formula is C20H30N4O3. The second-order valence-corrected chi connectivity index (χ2v) is 6.90. The van der Waals surface area contributed by atoms with Gasteiger partial charge in [0.15, 0.2) is 0 Å². The lowest BCUT2D eigenvalue weighted by Gasteiger charge is -2.25. The highest BCUT2D eigenvalue weighted by Crippen LogP contribution is 2.20. The molecule has 1 N–H and O–H groups in total. The van der Waals surface area contributed by atoms with Crippen LogP contribution < -0.4 is 10.2 Å². The number of nitrogens with one attached hydrogen (secondary N) is 1. The molecule has 1 fully saturated rings. The molecule has 1 heterocycles. The zero-order valence-corrected chi connectivity index (χ0v) is 16.5. The number of anilines is 1. The molecule has 4 amide bonds. The molecule has 0 spiro atoms. The summed E-state index contributed by atoms with van der Waals surface area (Å²) in [6.07, 6.45) is 2.67. The molecule has 7 nitrogen and oxygen atoms in total. The van der Waals surface area contributed by atoms with Crippen LogP contribution in [0.15, 0.2) is 24.3 Å². The quantitative estimate of drug-likeness (QED) is 0.710. The summed E-state index contributed by atoms with van der Waals surface area (Å²) in [5, 5.41) is 2.85. The summed E-state index contributed by atoms with van der Waals surface area (Å²) >= 11 is 0. The van der Waals surface area contributed by atoms with Crippen LogP contribution in [0.25, 0.3) is 0 Å². The van der Waals surface area contributed by atoms with Crippen LogP contribution in [-0.4, -0.2) is 60.5 Å².